The number of aryl methyl sites for hydroxylation is 2. The second-order valence-electron chi connectivity index (χ2n) is 5.88. The van der Waals surface area contributed by atoms with Gasteiger partial charge in [-0.1, -0.05) is 6.07 Å². The molecule has 0 saturated heterocycles. The Morgan fingerprint density at radius 3 is 2.68 bits per heavy atom. The predicted molar refractivity (Wildman–Crippen MR) is 95.3 cm³/mol. The molecule has 0 bridgehead atoms. The Morgan fingerprint density at radius 1 is 1.28 bits per heavy atom. The van der Waals surface area contributed by atoms with Crippen molar-refractivity contribution in [3.8, 4) is 0 Å². The first-order valence-corrected chi connectivity index (χ1v) is 8.54. The van der Waals surface area contributed by atoms with Crippen LogP contribution < -0.4 is 5.32 Å². The van der Waals surface area contributed by atoms with Crippen LogP contribution in [-0.4, -0.2) is 41.3 Å². The molecule has 0 aliphatic heterocycles. The Labute approximate surface area is 148 Å². The first-order valence-electron chi connectivity index (χ1n) is 8.54. The lowest BCUT2D eigenvalue weighted by atomic mass is 10.2. The predicted octanol–water partition coefficient (Wildman–Crippen LogP) is 2.50. The van der Waals surface area contributed by atoms with Gasteiger partial charge in [0.2, 0.25) is 5.91 Å². The summed E-state index contributed by atoms with van der Waals surface area (Å²) in [4.78, 5) is 30.4. The van der Waals surface area contributed by atoms with Crippen molar-refractivity contribution in [1.82, 2.24) is 15.2 Å². The van der Waals surface area contributed by atoms with Crippen LogP contribution in [0.5, 0.6) is 0 Å². The van der Waals surface area contributed by atoms with Crippen molar-refractivity contribution in [3.63, 3.8) is 0 Å². The van der Waals surface area contributed by atoms with Crippen LogP contribution in [0.2, 0.25) is 0 Å². The fraction of sp³-hybridized carbons (Fsp3) is 0.421. The molecule has 2 aromatic heterocycles. The molecule has 0 saturated carbocycles. The van der Waals surface area contributed by atoms with Gasteiger partial charge in [0.1, 0.15) is 11.5 Å². The fourth-order valence-electron chi connectivity index (χ4n) is 2.62. The number of hydrogen-bond acceptors (Lipinski definition) is 4. The average molecular weight is 343 g/mol. The summed E-state index contributed by atoms with van der Waals surface area (Å²) in [5.74, 6) is 1.16. The summed E-state index contributed by atoms with van der Waals surface area (Å²) in [7, 11) is 0. The number of aromatic nitrogens is 1. The zero-order valence-corrected chi connectivity index (χ0v) is 15.0. The number of pyridine rings is 1. The molecule has 134 valence electrons. The van der Waals surface area contributed by atoms with Crippen LogP contribution >= 0.6 is 0 Å². The number of rotatable bonds is 8. The zero-order chi connectivity index (χ0) is 18.2. The van der Waals surface area contributed by atoms with Crippen LogP contribution in [0.15, 0.2) is 34.9 Å². The van der Waals surface area contributed by atoms with Gasteiger partial charge in [0, 0.05) is 44.4 Å². The molecule has 2 heterocycles. The van der Waals surface area contributed by atoms with Gasteiger partial charge >= 0.3 is 0 Å². The highest BCUT2D eigenvalue weighted by molar-refractivity contribution is 5.95. The lowest BCUT2D eigenvalue weighted by molar-refractivity contribution is -0.121. The molecule has 2 amide bonds. The van der Waals surface area contributed by atoms with Gasteiger partial charge in [0.15, 0.2) is 0 Å². The second kappa shape index (κ2) is 9.01. The van der Waals surface area contributed by atoms with Crippen LogP contribution in [0, 0.1) is 13.8 Å². The summed E-state index contributed by atoms with van der Waals surface area (Å²) in [5.41, 5.74) is 1.51. The summed E-state index contributed by atoms with van der Waals surface area (Å²) in [6.07, 6.45) is 2.70. The van der Waals surface area contributed by atoms with Gasteiger partial charge in [0.05, 0.1) is 5.56 Å². The fourth-order valence-corrected chi connectivity index (χ4v) is 2.62. The van der Waals surface area contributed by atoms with E-state index in [2.05, 4.69) is 10.3 Å². The minimum atomic E-state index is -0.0989. The maximum Gasteiger partial charge on any atom is 0.257 e. The molecule has 0 aromatic carbocycles. The molecular weight excluding hydrogens is 318 g/mol. The molecule has 25 heavy (non-hydrogen) atoms. The molecule has 0 fully saturated rings. The van der Waals surface area contributed by atoms with Crippen LogP contribution in [0.1, 0.15) is 40.9 Å². The van der Waals surface area contributed by atoms with E-state index in [1.165, 1.54) is 0 Å². The smallest absolute Gasteiger partial charge is 0.257 e. The van der Waals surface area contributed by atoms with E-state index in [-0.39, 0.29) is 18.2 Å². The molecule has 0 unspecified atom stereocenters. The maximum atomic E-state index is 12.5. The Kier molecular flexibility index (Phi) is 6.74. The summed E-state index contributed by atoms with van der Waals surface area (Å²) in [5, 5.41) is 2.87. The summed E-state index contributed by atoms with van der Waals surface area (Å²) in [6, 6.07) is 7.46. The SMILES string of the molecule is CCN(CCC(=O)NCCc1ccccn1)C(=O)c1cc(C)oc1C. The quantitative estimate of drug-likeness (QED) is 0.799. The van der Waals surface area contributed by atoms with E-state index in [9.17, 15) is 9.59 Å². The van der Waals surface area contributed by atoms with Gasteiger partial charge in [0.25, 0.3) is 5.91 Å². The van der Waals surface area contributed by atoms with Crippen molar-refractivity contribution in [1.29, 1.82) is 0 Å². The molecule has 0 spiro atoms. The van der Waals surface area contributed by atoms with Gasteiger partial charge in [-0.25, -0.2) is 0 Å². The van der Waals surface area contributed by atoms with E-state index in [4.69, 9.17) is 4.42 Å². The zero-order valence-electron chi connectivity index (χ0n) is 15.0. The van der Waals surface area contributed by atoms with Crippen molar-refractivity contribution in [3.05, 3.63) is 53.2 Å². The normalized spacial score (nSPS) is 10.5. The van der Waals surface area contributed by atoms with E-state index in [1.54, 1.807) is 24.1 Å². The van der Waals surface area contributed by atoms with Gasteiger partial charge in [-0.15, -0.1) is 0 Å². The van der Waals surface area contributed by atoms with Crippen LogP contribution in [0.3, 0.4) is 0 Å². The molecule has 0 atom stereocenters. The van der Waals surface area contributed by atoms with Crippen LogP contribution in [-0.2, 0) is 11.2 Å². The van der Waals surface area contributed by atoms with Crippen LogP contribution in [0.4, 0.5) is 0 Å². The van der Waals surface area contributed by atoms with Crippen molar-refractivity contribution in [2.75, 3.05) is 19.6 Å². The van der Waals surface area contributed by atoms with E-state index in [0.717, 1.165) is 5.69 Å². The average Bonchev–Trinajstić information content (AvgIpc) is 2.94. The number of amides is 2. The molecule has 0 aliphatic carbocycles. The van der Waals surface area contributed by atoms with Crippen LogP contribution in [0.25, 0.3) is 0 Å². The number of hydrogen-bond donors (Lipinski definition) is 1. The van der Waals surface area contributed by atoms with Gasteiger partial charge in [-0.3, -0.25) is 14.6 Å². The van der Waals surface area contributed by atoms with Gasteiger partial charge in [-0.2, -0.15) is 0 Å². The number of carbonyl (C=O) groups excluding carboxylic acids is 2. The molecule has 2 aromatic rings. The Balaban J connectivity index is 1.78. The number of nitrogens with one attached hydrogen (secondary N) is 1. The first kappa shape index (κ1) is 18.7. The van der Waals surface area contributed by atoms with E-state index in [1.807, 2.05) is 32.0 Å². The summed E-state index contributed by atoms with van der Waals surface area (Å²) < 4.78 is 5.42. The third kappa shape index (κ3) is 5.45. The maximum absolute atomic E-state index is 12.5. The number of nitrogens with zero attached hydrogens (tertiary/aromatic N) is 2. The molecule has 2 rings (SSSR count). The van der Waals surface area contributed by atoms with Crippen molar-refractivity contribution >= 4 is 11.8 Å². The summed E-state index contributed by atoms with van der Waals surface area (Å²) in [6.45, 7) is 6.96. The Morgan fingerprint density at radius 2 is 2.08 bits per heavy atom. The van der Waals surface area contributed by atoms with E-state index < -0.39 is 0 Å². The molecule has 6 nitrogen and oxygen atoms in total. The minimum absolute atomic E-state index is 0.0673. The van der Waals surface area contributed by atoms with Gasteiger partial charge < -0.3 is 14.6 Å². The highest BCUT2D eigenvalue weighted by atomic mass is 16.3. The molecule has 1 N–H and O–H groups in total. The van der Waals surface area contributed by atoms with Crippen molar-refractivity contribution < 1.29 is 14.0 Å². The Hall–Kier alpha value is -2.63. The molecule has 0 radical (unpaired) electrons. The summed E-state index contributed by atoms with van der Waals surface area (Å²) >= 11 is 0. The Bertz CT molecular complexity index is 710. The van der Waals surface area contributed by atoms with Crippen molar-refractivity contribution in [2.24, 2.45) is 0 Å². The van der Waals surface area contributed by atoms with E-state index >= 15 is 0 Å². The number of carbonyl (C=O) groups is 2. The molecule has 6 heteroatoms. The largest absolute Gasteiger partial charge is 0.466 e. The molecular formula is C19H25N3O3. The minimum Gasteiger partial charge on any atom is -0.466 e. The number of furan rings is 1. The first-order chi connectivity index (χ1) is 12.0. The second-order valence-corrected chi connectivity index (χ2v) is 5.88. The third-order valence-electron chi connectivity index (χ3n) is 3.98. The topological polar surface area (TPSA) is 75.4 Å². The standard InChI is InChI=1S/C19H25N3O3/c1-4-22(19(24)17-13-14(2)25-15(17)3)12-9-18(23)21-11-8-16-7-5-6-10-20-16/h5-7,10,13H,4,8-9,11-12H2,1-3H3,(H,21,23). The molecule has 0 aliphatic rings. The lowest BCUT2D eigenvalue weighted by Crippen LogP contribution is -2.35. The highest BCUT2D eigenvalue weighted by Crippen LogP contribution is 2.16. The van der Waals surface area contributed by atoms with Crippen molar-refractivity contribution in [2.45, 2.75) is 33.6 Å². The lowest BCUT2D eigenvalue weighted by Gasteiger charge is -2.20. The van der Waals surface area contributed by atoms with E-state index in [0.29, 0.717) is 43.1 Å². The van der Waals surface area contributed by atoms with Gasteiger partial charge in [-0.05, 0) is 39.0 Å². The highest BCUT2D eigenvalue weighted by Gasteiger charge is 2.19. The monoisotopic (exact) mass is 343 g/mol. The third-order valence-corrected chi connectivity index (χ3v) is 3.98.